The molecule has 150 valence electrons. The fraction of sp³-hybridized carbons (Fsp3) is 0.455. The van der Waals surface area contributed by atoms with Crippen molar-refractivity contribution in [2.75, 3.05) is 26.4 Å². The Morgan fingerprint density at radius 3 is 2.64 bits per heavy atom. The highest BCUT2D eigenvalue weighted by Crippen LogP contribution is 2.39. The van der Waals surface area contributed by atoms with Gasteiger partial charge in [0.05, 0.1) is 10.6 Å². The van der Waals surface area contributed by atoms with Crippen LogP contribution in [0.5, 0.6) is 11.5 Å². The van der Waals surface area contributed by atoms with Crippen molar-refractivity contribution in [3.8, 4) is 11.5 Å². The zero-order chi connectivity index (χ0) is 19.5. The van der Waals surface area contributed by atoms with Gasteiger partial charge in [-0.05, 0) is 70.6 Å². The summed E-state index contributed by atoms with van der Waals surface area (Å²) in [5.41, 5.74) is 3.76. The van der Waals surface area contributed by atoms with Gasteiger partial charge in [0.25, 0.3) is 0 Å². The molecule has 2 aromatic rings. The number of rotatable bonds is 6. The minimum absolute atomic E-state index is 0.310. The quantitative estimate of drug-likeness (QED) is 0.515. The smallest absolute Gasteiger partial charge is 0.175 e. The van der Waals surface area contributed by atoms with E-state index in [2.05, 4.69) is 74.0 Å². The van der Waals surface area contributed by atoms with Gasteiger partial charge in [0, 0.05) is 30.7 Å². The summed E-state index contributed by atoms with van der Waals surface area (Å²) in [4.78, 5) is 2.46. The maximum absolute atomic E-state index is 5.92. The van der Waals surface area contributed by atoms with Gasteiger partial charge in [-0.3, -0.25) is 4.90 Å². The number of aryl methyl sites for hydroxylation is 1. The van der Waals surface area contributed by atoms with Gasteiger partial charge in [-0.25, -0.2) is 0 Å². The third-order valence-electron chi connectivity index (χ3n) is 5.15. The Bertz CT molecular complexity index is 837. The van der Waals surface area contributed by atoms with Crippen LogP contribution in [-0.4, -0.2) is 37.4 Å². The molecule has 2 aliphatic rings. The maximum atomic E-state index is 5.92. The molecule has 0 radical (unpaired) electrons. The van der Waals surface area contributed by atoms with Gasteiger partial charge in [-0.15, -0.1) is 0 Å². The number of fused-ring (bicyclic) bond motifs is 1. The topological polar surface area (TPSA) is 30.9 Å². The molecular weight excluding hydrogens is 486 g/mol. The average Bonchev–Trinajstić information content (AvgIpc) is 3.17. The monoisotopic (exact) mass is 509 g/mol. The molecular formula is C22H25Br2NO3. The Morgan fingerprint density at radius 2 is 1.86 bits per heavy atom. The van der Waals surface area contributed by atoms with E-state index in [1.807, 2.05) is 0 Å². The predicted molar refractivity (Wildman–Crippen MR) is 117 cm³/mol. The summed E-state index contributed by atoms with van der Waals surface area (Å²) in [6, 6.07) is 10.8. The lowest BCUT2D eigenvalue weighted by molar-refractivity contribution is 0.0677. The zero-order valence-corrected chi connectivity index (χ0v) is 19.2. The molecule has 2 aliphatic heterocycles. The normalized spacial score (nSPS) is 18.6. The fourth-order valence-corrected chi connectivity index (χ4v) is 5.02. The van der Waals surface area contributed by atoms with Gasteiger partial charge in [0.15, 0.2) is 11.5 Å². The van der Waals surface area contributed by atoms with E-state index in [-0.39, 0.29) is 0 Å². The molecule has 0 saturated carbocycles. The number of ether oxygens (including phenoxy) is 3. The third kappa shape index (κ3) is 4.90. The summed E-state index contributed by atoms with van der Waals surface area (Å²) in [5.74, 6) is 1.63. The molecule has 0 aromatic heterocycles. The Labute approximate surface area is 183 Å². The van der Waals surface area contributed by atoms with Crippen LogP contribution >= 0.6 is 31.9 Å². The molecule has 4 nitrogen and oxygen atoms in total. The van der Waals surface area contributed by atoms with Gasteiger partial charge in [0.1, 0.15) is 13.2 Å². The molecule has 0 amide bonds. The van der Waals surface area contributed by atoms with Crippen LogP contribution in [-0.2, 0) is 17.8 Å². The second-order valence-corrected chi connectivity index (χ2v) is 9.21. The average molecular weight is 511 g/mol. The van der Waals surface area contributed by atoms with E-state index in [1.54, 1.807) is 0 Å². The van der Waals surface area contributed by atoms with Crippen molar-refractivity contribution in [3.05, 3.63) is 56.0 Å². The SMILES string of the molecule is Cc1ccc(CN(Cc2cc(Br)c3c(c2)OCCO3)CC2CCCO2)c(Br)c1. The van der Waals surface area contributed by atoms with E-state index >= 15 is 0 Å². The standard InChI is InChI=1S/C22H25Br2NO3/c1-15-4-5-17(19(23)9-15)13-25(14-18-3-2-6-26-18)12-16-10-20(24)22-21(11-16)27-7-8-28-22/h4-5,9-11,18H,2-3,6-8,12-14H2,1H3. The molecule has 0 bridgehead atoms. The van der Waals surface area contributed by atoms with Gasteiger partial charge in [-0.1, -0.05) is 28.1 Å². The van der Waals surface area contributed by atoms with Crippen LogP contribution in [0.2, 0.25) is 0 Å². The first-order valence-corrected chi connectivity index (χ1v) is 11.3. The van der Waals surface area contributed by atoms with Gasteiger partial charge >= 0.3 is 0 Å². The Balaban J connectivity index is 1.55. The molecule has 1 unspecified atom stereocenters. The minimum atomic E-state index is 0.310. The molecule has 0 aliphatic carbocycles. The van der Waals surface area contributed by atoms with E-state index < -0.39 is 0 Å². The molecule has 28 heavy (non-hydrogen) atoms. The molecule has 2 heterocycles. The predicted octanol–water partition coefficient (Wildman–Crippen LogP) is 5.47. The summed E-state index contributed by atoms with van der Waals surface area (Å²) >= 11 is 7.37. The van der Waals surface area contributed by atoms with Gasteiger partial charge in [-0.2, -0.15) is 0 Å². The summed E-state index contributed by atoms with van der Waals surface area (Å²) < 4.78 is 19.6. The second-order valence-electron chi connectivity index (χ2n) is 7.50. The van der Waals surface area contributed by atoms with Crippen LogP contribution in [0.4, 0.5) is 0 Å². The molecule has 0 spiro atoms. The van der Waals surface area contributed by atoms with Crippen LogP contribution in [0.25, 0.3) is 0 Å². The van der Waals surface area contributed by atoms with Crippen molar-refractivity contribution in [1.29, 1.82) is 0 Å². The Kier molecular flexibility index (Phi) is 6.61. The highest BCUT2D eigenvalue weighted by Gasteiger charge is 2.22. The zero-order valence-electron chi connectivity index (χ0n) is 16.0. The van der Waals surface area contributed by atoms with Crippen molar-refractivity contribution in [3.63, 3.8) is 0 Å². The van der Waals surface area contributed by atoms with E-state index in [0.29, 0.717) is 19.3 Å². The summed E-state index contributed by atoms with van der Waals surface area (Å²) in [6.45, 7) is 6.80. The molecule has 2 aromatic carbocycles. The van der Waals surface area contributed by atoms with Gasteiger partial charge < -0.3 is 14.2 Å². The Hall–Kier alpha value is -1.08. The van der Waals surface area contributed by atoms with Gasteiger partial charge in [0.2, 0.25) is 0 Å². The number of hydrogen-bond acceptors (Lipinski definition) is 4. The lowest BCUT2D eigenvalue weighted by atomic mass is 10.1. The first kappa shape index (κ1) is 20.2. The van der Waals surface area contributed by atoms with Crippen molar-refractivity contribution >= 4 is 31.9 Å². The van der Waals surface area contributed by atoms with E-state index in [0.717, 1.165) is 59.5 Å². The molecule has 1 fully saturated rings. The fourth-order valence-electron chi connectivity index (χ4n) is 3.80. The van der Waals surface area contributed by atoms with Crippen molar-refractivity contribution in [2.45, 2.75) is 39.0 Å². The molecule has 6 heteroatoms. The van der Waals surface area contributed by atoms with E-state index in [9.17, 15) is 0 Å². The van der Waals surface area contributed by atoms with Crippen molar-refractivity contribution in [2.24, 2.45) is 0 Å². The largest absolute Gasteiger partial charge is 0.486 e. The third-order valence-corrected chi connectivity index (χ3v) is 6.48. The van der Waals surface area contributed by atoms with Crippen LogP contribution in [0, 0.1) is 6.92 Å². The first-order valence-electron chi connectivity index (χ1n) is 9.75. The number of benzene rings is 2. The van der Waals surface area contributed by atoms with Crippen LogP contribution in [0.15, 0.2) is 39.3 Å². The second kappa shape index (κ2) is 9.16. The lowest BCUT2D eigenvalue weighted by Gasteiger charge is -2.27. The summed E-state index contributed by atoms with van der Waals surface area (Å²) in [7, 11) is 0. The van der Waals surface area contributed by atoms with Crippen molar-refractivity contribution < 1.29 is 14.2 Å². The van der Waals surface area contributed by atoms with E-state index in [4.69, 9.17) is 14.2 Å². The Morgan fingerprint density at radius 1 is 1.00 bits per heavy atom. The molecule has 1 saturated heterocycles. The molecule has 1 atom stereocenters. The molecule has 0 N–H and O–H groups in total. The molecule has 4 rings (SSSR count). The highest BCUT2D eigenvalue weighted by molar-refractivity contribution is 9.10. The van der Waals surface area contributed by atoms with E-state index in [1.165, 1.54) is 16.7 Å². The summed E-state index contributed by atoms with van der Waals surface area (Å²) in [6.07, 6.45) is 2.60. The first-order chi connectivity index (χ1) is 13.6. The maximum Gasteiger partial charge on any atom is 0.175 e. The number of halogens is 2. The van der Waals surface area contributed by atoms with Crippen molar-refractivity contribution in [1.82, 2.24) is 4.90 Å². The highest BCUT2D eigenvalue weighted by atomic mass is 79.9. The lowest BCUT2D eigenvalue weighted by Crippen LogP contribution is -2.31. The number of hydrogen-bond donors (Lipinski definition) is 0. The van der Waals surface area contributed by atoms with Crippen LogP contribution < -0.4 is 9.47 Å². The van der Waals surface area contributed by atoms with Crippen LogP contribution in [0.1, 0.15) is 29.5 Å². The summed E-state index contributed by atoms with van der Waals surface area (Å²) in [5, 5.41) is 0. The van der Waals surface area contributed by atoms with Crippen LogP contribution in [0.3, 0.4) is 0 Å². The number of nitrogens with zero attached hydrogens (tertiary/aromatic N) is 1. The minimum Gasteiger partial charge on any atom is -0.486 e.